The van der Waals surface area contributed by atoms with Gasteiger partial charge in [-0.2, -0.15) is 23.5 Å². The fourth-order valence-corrected chi connectivity index (χ4v) is 4.74. The van der Waals surface area contributed by atoms with Crippen LogP contribution < -0.4 is 5.32 Å². The molecule has 0 aliphatic carbocycles. The second kappa shape index (κ2) is 13.6. The number of amides is 3. The number of imide groups is 1. The molecule has 0 saturated heterocycles. The predicted octanol–water partition coefficient (Wildman–Crippen LogP) is 5.26. The van der Waals surface area contributed by atoms with Crippen LogP contribution in [0.4, 0.5) is 4.79 Å². The molecule has 3 aromatic carbocycles. The van der Waals surface area contributed by atoms with Crippen LogP contribution in [0.5, 0.6) is 0 Å². The topological polar surface area (TPSA) is 86.7 Å². The van der Waals surface area contributed by atoms with Crippen molar-refractivity contribution in [2.75, 3.05) is 24.3 Å². The van der Waals surface area contributed by atoms with Crippen molar-refractivity contribution in [3.63, 3.8) is 0 Å². The summed E-state index contributed by atoms with van der Waals surface area (Å²) in [7, 11) is 0. The molecule has 0 fully saturated rings. The smallest absolute Gasteiger partial charge is 0.327 e. The van der Waals surface area contributed by atoms with Crippen LogP contribution in [0.15, 0.2) is 84.9 Å². The standard InChI is InChI=1S/C27H28N2O4S2/c1-34-16-15-29(25(30)23-14-8-13-22(17-23)21-11-6-3-7-12-21)27(33)28-24(26(31)32)19-35-18-20-9-4-2-5-10-20/h2-14,17,24H,15-16,18-19H2,1H3,(H,28,33)(H,31,32)/t24-/m0/s1. The van der Waals surface area contributed by atoms with Gasteiger partial charge in [0.05, 0.1) is 0 Å². The number of carboxylic acid groups (broad SMARTS) is 1. The summed E-state index contributed by atoms with van der Waals surface area (Å²) < 4.78 is 0. The molecule has 3 amide bonds. The van der Waals surface area contributed by atoms with Crippen LogP contribution in [-0.4, -0.2) is 58.3 Å². The molecule has 35 heavy (non-hydrogen) atoms. The van der Waals surface area contributed by atoms with Crippen molar-refractivity contribution in [1.29, 1.82) is 0 Å². The lowest BCUT2D eigenvalue weighted by Crippen LogP contribution is -2.51. The molecule has 6 nitrogen and oxygen atoms in total. The van der Waals surface area contributed by atoms with Gasteiger partial charge in [-0.3, -0.25) is 9.69 Å². The minimum Gasteiger partial charge on any atom is -0.480 e. The third kappa shape index (κ3) is 7.90. The number of rotatable bonds is 11. The Hall–Kier alpha value is -3.23. The van der Waals surface area contributed by atoms with E-state index in [9.17, 15) is 19.5 Å². The zero-order chi connectivity index (χ0) is 25.0. The Morgan fingerprint density at radius 1 is 0.914 bits per heavy atom. The van der Waals surface area contributed by atoms with Gasteiger partial charge in [-0.05, 0) is 35.1 Å². The Morgan fingerprint density at radius 3 is 2.23 bits per heavy atom. The molecular formula is C27H28N2O4S2. The van der Waals surface area contributed by atoms with Crippen LogP contribution in [0.1, 0.15) is 15.9 Å². The summed E-state index contributed by atoms with van der Waals surface area (Å²) in [6.45, 7) is 0.172. The van der Waals surface area contributed by atoms with Gasteiger partial charge < -0.3 is 10.4 Å². The number of benzene rings is 3. The van der Waals surface area contributed by atoms with Crippen LogP contribution in [0.2, 0.25) is 0 Å². The molecule has 0 aliphatic heterocycles. The third-order valence-electron chi connectivity index (χ3n) is 5.22. The summed E-state index contributed by atoms with van der Waals surface area (Å²) in [4.78, 5) is 39.3. The maximum absolute atomic E-state index is 13.3. The van der Waals surface area contributed by atoms with E-state index in [4.69, 9.17) is 0 Å². The molecule has 0 aromatic heterocycles. The molecule has 0 unspecified atom stereocenters. The molecular weight excluding hydrogens is 480 g/mol. The van der Waals surface area contributed by atoms with Gasteiger partial charge in [0.25, 0.3) is 5.91 Å². The predicted molar refractivity (Wildman–Crippen MR) is 144 cm³/mol. The number of nitrogens with zero attached hydrogens (tertiary/aromatic N) is 1. The van der Waals surface area contributed by atoms with Gasteiger partial charge >= 0.3 is 12.0 Å². The highest BCUT2D eigenvalue weighted by Crippen LogP contribution is 2.21. The Kier molecular flexibility index (Phi) is 10.3. The van der Waals surface area contributed by atoms with Gasteiger partial charge in [0.2, 0.25) is 0 Å². The number of carbonyl (C=O) groups excluding carboxylic acids is 2. The van der Waals surface area contributed by atoms with Gasteiger partial charge in [0.1, 0.15) is 6.04 Å². The van der Waals surface area contributed by atoms with E-state index >= 15 is 0 Å². The van der Waals surface area contributed by atoms with Crippen molar-refractivity contribution in [1.82, 2.24) is 10.2 Å². The Morgan fingerprint density at radius 2 is 1.57 bits per heavy atom. The molecule has 0 heterocycles. The molecule has 3 rings (SSSR count). The van der Waals surface area contributed by atoms with Crippen LogP contribution in [-0.2, 0) is 10.5 Å². The van der Waals surface area contributed by atoms with Crippen molar-refractivity contribution < 1.29 is 19.5 Å². The zero-order valence-electron chi connectivity index (χ0n) is 19.4. The maximum Gasteiger partial charge on any atom is 0.327 e. The van der Waals surface area contributed by atoms with E-state index in [1.807, 2.05) is 73.0 Å². The van der Waals surface area contributed by atoms with Crippen molar-refractivity contribution >= 4 is 41.4 Å². The summed E-state index contributed by atoms with van der Waals surface area (Å²) >= 11 is 2.92. The molecule has 2 N–H and O–H groups in total. The minimum atomic E-state index is -1.14. The quantitative estimate of drug-likeness (QED) is 0.368. The zero-order valence-corrected chi connectivity index (χ0v) is 21.1. The van der Waals surface area contributed by atoms with Gasteiger partial charge in [0.15, 0.2) is 0 Å². The fraction of sp³-hybridized carbons (Fsp3) is 0.222. The lowest BCUT2D eigenvalue weighted by Gasteiger charge is -2.24. The first-order chi connectivity index (χ1) is 17.0. The van der Waals surface area contributed by atoms with E-state index in [1.54, 1.807) is 18.2 Å². The average Bonchev–Trinajstić information content (AvgIpc) is 2.89. The van der Waals surface area contributed by atoms with Crippen LogP contribution >= 0.6 is 23.5 Å². The van der Waals surface area contributed by atoms with Crippen molar-refractivity contribution in [2.45, 2.75) is 11.8 Å². The van der Waals surface area contributed by atoms with Crippen LogP contribution in [0, 0.1) is 0 Å². The molecule has 0 saturated carbocycles. The Labute approximate surface area is 214 Å². The van der Waals surface area contributed by atoms with Crippen LogP contribution in [0.3, 0.4) is 0 Å². The van der Waals surface area contributed by atoms with Gasteiger partial charge in [0, 0.05) is 29.4 Å². The van der Waals surface area contributed by atoms with Gasteiger partial charge in [-0.25, -0.2) is 9.59 Å². The second-order valence-electron chi connectivity index (χ2n) is 7.74. The van der Waals surface area contributed by atoms with Crippen molar-refractivity contribution in [2.24, 2.45) is 0 Å². The van der Waals surface area contributed by atoms with Crippen molar-refractivity contribution in [3.8, 4) is 11.1 Å². The molecule has 8 heteroatoms. The first-order valence-corrected chi connectivity index (χ1v) is 13.7. The number of urea groups is 1. The number of thioether (sulfide) groups is 2. The average molecular weight is 509 g/mol. The Bertz CT molecular complexity index is 1130. The van der Waals surface area contributed by atoms with E-state index in [0.717, 1.165) is 21.6 Å². The lowest BCUT2D eigenvalue weighted by molar-refractivity contribution is -0.138. The normalized spacial score (nSPS) is 11.5. The highest BCUT2D eigenvalue weighted by Gasteiger charge is 2.27. The molecule has 0 aliphatic rings. The molecule has 0 bridgehead atoms. The highest BCUT2D eigenvalue weighted by atomic mass is 32.2. The molecule has 0 spiro atoms. The summed E-state index contributed by atoms with van der Waals surface area (Å²) in [6.07, 6.45) is 1.89. The summed E-state index contributed by atoms with van der Waals surface area (Å²) in [5.41, 5.74) is 3.27. The number of hydrogen-bond donors (Lipinski definition) is 2. The Balaban J connectivity index is 1.71. The maximum atomic E-state index is 13.3. The molecule has 0 radical (unpaired) electrons. The molecule has 1 atom stereocenters. The highest BCUT2D eigenvalue weighted by molar-refractivity contribution is 7.98. The lowest BCUT2D eigenvalue weighted by atomic mass is 10.0. The van der Waals surface area contributed by atoms with Gasteiger partial charge in [-0.1, -0.05) is 72.8 Å². The van der Waals surface area contributed by atoms with E-state index in [0.29, 0.717) is 17.1 Å². The fourth-order valence-electron chi connectivity index (χ4n) is 3.37. The summed E-state index contributed by atoms with van der Waals surface area (Å²) in [5, 5.41) is 12.2. The SMILES string of the molecule is CSCCN(C(=O)N[C@@H](CSCc1ccccc1)C(=O)O)C(=O)c1cccc(-c2ccccc2)c1. The monoisotopic (exact) mass is 508 g/mol. The summed E-state index contributed by atoms with van der Waals surface area (Å²) in [6, 6.07) is 24.6. The third-order valence-corrected chi connectivity index (χ3v) is 6.92. The largest absolute Gasteiger partial charge is 0.480 e. The first-order valence-electron chi connectivity index (χ1n) is 11.1. The van der Waals surface area contributed by atoms with E-state index in [-0.39, 0.29) is 12.3 Å². The molecule has 182 valence electrons. The van der Waals surface area contributed by atoms with Crippen LogP contribution in [0.25, 0.3) is 11.1 Å². The van der Waals surface area contributed by atoms with E-state index in [2.05, 4.69) is 5.32 Å². The number of nitrogens with one attached hydrogen (secondary N) is 1. The molecule has 3 aromatic rings. The van der Waals surface area contributed by atoms with Crippen molar-refractivity contribution in [3.05, 3.63) is 96.1 Å². The number of aliphatic carboxylic acids is 1. The van der Waals surface area contributed by atoms with E-state index in [1.165, 1.54) is 23.5 Å². The van der Waals surface area contributed by atoms with Gasteiger partial charge in [-0.15, -0.1) is 0 Å². The minimum absolute atomic E-state index is 0.172. The summed E-state index contributed by atoms with van der Waals surface area (Å²) in [5.74, 6) is -0.248. The first kappa shape index (κ1) is 26.4. The van der Waals surface area contributed by atoms with E-state index < -0.39 is 23.9 Å². The number of carbonyl (C=O) groups is 3. The second-order valence-corrected chi connectivity index (χ2v) is 9.75. The number of carboxylic acids is 1. The number of hydrogen-bond acceptors (Lipinski definition) is 5.